The van der Waals surface area contributed by atoms with Gasteiger partial charge in [-0.15, -0.1) is 0 Å². The van der Waals surface area contributed by atoms with Gasteiger partial charge in [0, 0.05) is 5.92 Å². The molecule has 0 radical (unpaired) electrons. The van der Waals surface area contributed by atoms with E-state index in [1.54, 1.807) is 0 Å². The molecule has 0 spiro atoms. The van der Waals surface area contributed by atoms with Crippen LogP contribution in [0, 0.1) is 23.7 Å². The average molecular weight is 296 g/mol. The minimum absolute atomic E-state index is 0.0489. The third-order valence-corrected chi connectivity index (χ3v) is 5.78. The van der Waals surface area contributed by atoms with Gasteiger partial charge in [-0.2, -0.15) is 0 Å². The van der Waals surface area contributed by atoms with Crippen LogP contribution < -0.4 is 0 Å². The van der Waals surface area contributed by atoms with Gasteiger partial charge in [-0.1, -0.05) is 35.9 Å². The van der Waals surface area contributed by atoms with Gasteiger partial charge in [0.05, 0.1) is 0 Å². The van der Waals surface area contributed by atoms with Crippen molar-refractivity contribution in [2.45, 2.75) is 32.8 Å². The second-order valence-electron chi connectivity index (χ2n) is 6.87. The van der Waals surface area contributed by atoms with E-state index in [2.05, 4.69) is 0 Å². The molecule has 3 aliphatic carbocycles. The van der Waals surface area contributed by atoms with E-state index in [9.17, 15) is 9.59 Å². The molecule has 2 fully saturated rings. The Hall–Kier alpha value is -1.90. The van der Waals surface area contributed by atoms with Crippen molar-refractivity contribution in [1.82, 2.24) is 0 Å². The van der Waals surface area contributed by atoms with Crippen LogP contribution in [-0.2, 0) is 20.9 Å². The van der Waals surface area contributed by atoms with Gasteiger partial charge in [-0.3, -0.25) is 4.79 Å². The number of hydrogen-bond donors (Lipinski definition) is 0. The van der Waals surface area contributed by atoms with Gasteiger partial charge in [-0.05, 0) is 49.5 Å². The number of ether oxygens (including phenoxy) is 1. The van der Waals surface area contributed by atoms with Crippen LogP contribution in [0.25, 0.3) is 0 Å². The van der Waals surface area contributed by atoms with E-state index in [-0.39, 0.29) is 18.3 Å². The molecule has 4 atom stereocenters. The van der Waals surface area contributed by atoms with Crippen LogP contribution in [0.2, 0.25) is 0 Å². The normalized spacial score (nSPS) is 32.5. The molecule has 2 saturated carbocycles. The lowest BCUT2D eigenvalue weighted by atomic mass is 9.79. The van der Waals surface area contributed by atoms with Crippen molar-refractivity contribution in [1.29, 1.82) is 0 Å². The van der Waals surface area contributed by atoms with E-state index in [0.29, 0.717) is 23.3 Å². The van der Waals surface area contributed by atoms with Gasteiger partial charge in [0.25, 0.3) is 0 Å². The standard InChI is InChI=1S/C19H20O3/c1-11-15-13-7-8-14(9-13)17(15)18(20)16(11)19(21)22-10-12-5-3-2-4-6-12/h2-6,13-15,17H,7-10H2,1H3/t13-,14+,15+,17-/m1/s1. The predicted octanol–water partition coefficient (Wildman–Crippen LogP) is 3.29. The van der Waals surface area contributed by atoms with Crippen LogP contribution in [0.4, 0.5) is 0 Å². The minimum atomic E-state index is -0.430. The molecule has 3 heteroatoms. The van der Waals surface area contributed by atoms with Crippen LogP contribution in [-0.4, -0.2) is 11.8 Å². The quantitative estimate of drug-likeness (QED) is 0.635. The van der Waals surface area contributed by atoms with Crippen molar-refractivity contribution >= 4 is 11.8 Å². The highest BCUT2D eigenvalue weighted by atomic mass is 16.5. The van der Waals surface area contributed by atoms with Gasteiger partial charge in [-0.25, -0.2) is 4.79 Å². The van der Waals surface area contributed by atoms with E-state index in [0.717, 1.165) is 17.6 Å². The summed E-state index contributed by atoms with van der Waals surface area (Å²) < 4.78 is 5.39. The van der Waals surface area contributed by atoms with Gasteiger partial charge >= 0.3 is 5.97 Å². The van der Waals surface area contributed by atoms with Crippen molar-refractivity contribution in [2.75, 3.05) is 0 Å². The number of fused-ring (bicyclic) bond motifs is 5. The number of carbonyl (C=O) groups is 2. The van der Waals surface area contributed by atoms with Crippen molar-refractivity contribution in [2.24, 2.45) is 23.7 Å². The van der Waals surface area contributed by atoms with Crippen molar-refractivity contribution in [3.8, 4) is 0 Å². The Kier molecular flexibility index (Phi) is 3.17. The van der Waals surface area contributed by atoms with Gasteiger partial charge < -0.3 is 4.74 Å². The number of benzene rings is 1. The molecule has 0 N–H and O–H groups in total. The molecule has 4 rings (SSSR count). The number of carbonyl (C=O) groups excluding carboxylic acids is 2. The maximum atomic E-state index is 12.7. The Morgan fingerprint density at radius 3 is 2.50 bits per heavy atom. The summed E-state index contributed by atoms with van der Waals surface area (Å²) in [5.74, 6) is 1.10. The van der Waals surface area contributed by atoms with Crippen molar-refractivity contribution < 1.29 is 14.3 Å². The average Bonchev–Trinajstić information content (AvgIpc) is 3.20. The monoisotopic (exact) mass is 296 g/mol. The van der Waals surface area contributed by atoms with Crippen LogP contribution in [0.15, 0.2) is 41.5 Å². The molecule has 3 nitrogen and oxygen atoms in total. The smallest absolute Gasteiger partial charge is 0.342 e. The fraction of sp³-hybridized carbons (Fsp3) is 0.474. The summed E-state index contributed by atoms with van der Waals surface area (Å²) in [6.45, 7) is 2.19. The Morgan fingerprint density at radius 2 is 1.82 bits per heavy atom. The third-order valence-electron chi connectivity index (χ3n) is 5.78. The highest BCUT2D eigenvalue weighted by Gasteiger charge is 2.57. The molecule has 0 aromatic heterocycles. The van der Waals surface area contributed by atoms with Crippen molar-refractivity contribution in [3.63, 3.8) is 0 Å². The van der Waals surface area contributed by atoms with E-state index >= 15 is 0 Å². The first kappa shape index (κ1) is 13.7. The van der Waals surface area contributed by atoms with Crippen LogP contribution in [0.3, 0.4) is 0 Å². The van der Waals surface area contributed by atoms with Crippen molar-refractivity contribution in [3.05, 3.63) is 47.0 Å². The Labute approximate surface area is 130 Å². The number of Topliss-reactive ketones (excluding diaryl/α,β-unsaturated/α-hetero) is 1. The number of esters is 1. The van der Waals surface area contributed by atoms with Crippen LogP contribution in [0.1, 0.15) is 31.7 Å². The number of ketones is 1. The third kappa shape index (κ3) is 1.95. The lowest BCUT2D eigenvalue weighted by Crippen LogP contribution is -2.25. The molecule has 0 aliphatic heterocycles. The second-order valence-corrected chi connectivity index (χ2v) is 6.87. The molecule has 1 aromatic carbocycles. The van der Waals surface area contributed by atoms with E-state index in [4.69, 9.17) is 4.74 Å². The first-order valence-corrected chi connectivity index (χ1v) is 8.13. The molecule has 0 unspecified atom stereocenters. The van der Waals surface area contributed by atoms with E-state index in [1.807, 2.05) is 37.3 Å². The van der Waals surface area contributed by atoms with Crippen LogP contribution in [0.5, 0.6) is 0 Å². The molecule has 2 bridgehead atoms. The van der Waals surface area contributed by atoms with Crippen LogP contribution >= 0.6 is 0 Å². The summed E-state index contributed by atoms with van der Waals surface area (Å²) >= 11 is 0. The first-order chi connectivity index (χ1) is 10.7. The molecule has 114 valence electrons. The molecular weight excluding hydrogens is 276 g/mol. The summed E-state index contributed by atoms with van der Waals surface area (Å²) in [6.07, 6.45) is 3.53. The maximum absolute atomic E-state index is 12.7. The zero-order valence-electron chi connectivity index (χ0n) is 12.7. The Bertz CT molecular complexity index is 659. The first-order valence-electron chi connectivity index (χ1n) is 8.13. The van der Waals surface area contributed by atoms with Gasteiger partial charge in [0.2, 0.25) is 0 Å². The highest BCUT2D eigenvalue weighted by molar-refractivity contribution is 6.21. The molecule has 0 amide bonds. The summed E-state index contributed by atoms with van der Waals surface area (Å²) in [4.78, 5) is 25.1. The number of hydrogen-bond acceptors (Lipinski definition) is 3. The predicted molar refractivity (Wildman–Crippen MR) is 81.8 cm³/mol. The van der Waals surface area contributed by atoms with Gasteiger partial charge in [0.15, 0.2) is 5.78 Å². The molecule has 1 aromatic rings. The summed E-state index contributed by atoms with van der Waals surface area (Å²) in [5, 5.41) is 0. The highest BCUT2D eigenvalue weighted by Crippen LogP contribution is 2.59. The largest absolute Gasteiger partial charge is 0.457 e. The lowest BCUT2D eigenvalue weighted by Gasteiger charge is -2.24. The topological polar surface area (TPSA) is 43.4 Å². The Morgan fingerprint density at radius 1 is 1.14 bits per heavy atom. The zero-order valence-corrected chi connectivity index (χ0v) is 12.7. The molecule has 0 heterocycles. The summed E-state index contributed by atoms with van der Waals surface area (Å²) in [6, 6.07) is 9.59. The molecular formula is C19H20O3. The van der Waals surface area contributed by atoms with Gasteiger partial charge in [0.1, 0.15) is 12.2 Å². The molecule has 3 aliphatic rings. The zero-order chi connectivity index (χ0) is 15.3. The number of allylic oxidation sites excluding steroid dienone is 1. The molecule has 0 saturated heterocycles. The summed E-state index contributed by atoms with van der Waals surface area (Å²) in [7, 11) is 0. The summed E-state index contributed by atoms with van der Waals surface area (Å²) in [5.41, 5.74) is 2.28. The fourth-order valence-electron chi connectivity index (χ4n) is 4.88. The SMILES string of the molecule is CC1=C(C(=O)OCc2ccccc2)C(=O)[C@@H]2[C@H]3CC[C@H](C3)[C@H]12. The maximum Gasteiger partial charge on any atom is 0.342 e. The van der Waals surface area contributed by atoms with E-state index < -0.39 is 5.97 Å². The Balaban J connectivity index is 1.52. The number of rotatable bonds is 3. The second kappa shape index (κ2) is 5.08. The van der Waals surface area contributed by atoms with E-state index in [1.165, 1.54) is 12.8 Å². The minimum Gasteiger partial charge on any atom is -0.457 e. The fourth-order valence-corrected chi connectivity index (χ4v) is 4.88. The lowest BCUT2D eigenvalue weighted by molar-refractivity contribution is -0.142. The molecule has 22 heavy (non-hydrogen) atoms.